The molecule has 0 bridgehead atoms. The van der Waals surface area contributed by atoms with Crippen molar-refractivity contribution in [2.45, 2.75) is 32.9 Å². The number of benzene rings is 2. The average molecular weight is 476 g/mol. The Morgan fingerprint density at radius 1 is 1.00 bits per heavy atom. The van der Waals surface area contributed by atoms with E-state index < -0.39 is 5.97 Å². The molecule has 0 radical (unpaired) electrons. The van der Waals surface area contributed by atoms with E-state index in [4.69, 9.17) is 37.8 Å². The van der Waals surface area contributed by atoms with Crippen molar-refractivity contribution >= 4 is 29.2 Å². The summed E-state index contributed by atoms with van der Waals surface area (Å²) in [7, 11) is 0. The van der Waals surface area contributed by atoms with Gasteiger partial charge in [0.25, 0.3) is 5.56 Å². The second kappa shape index (κ2) is 11.1. The molecule has 0 aliphatic carbocycles. The average Bonchev–Trinajstić information content (AvgIpc) is 2.79. The zero-order valence-corrected chi connectivity index (χ0v) is 19.0. The highest BCUT2D eigenvalue weighted by Gasteiger charge is 2.14. The minimum atomic E-state index is -0.988. The first-order valence-electron chi connectivity index (χ1n) is 10.1. The van der Waals surface area contributed by atoms with Gasteiger partial charge in [-0.05, 0) is 48.7 Å². The maximum absolute atomic E-state index is 12.7. The lowest BCUT2D eigenvalue weighted by Gasteiger charge is -2.16. The summed E-state index contributed by atoms with van der Waals surface area (Å²) < 4.78 is 13.0. The number of aryl methyl sites for hydroxylation is 1. The number of pyridine rings is 1. The Morgan fingerprint density at radius 3 is 2.34 bits per heavy atom. The molecule has 0 aliphatic heterocycles. The number of carboxylic acids is 1. The molecule has 1 heterocycles. The molecule has 3 rings (SSSR count). The van der Waals surface area contributed by atoms with Crippen LogP contribution < -0.4 is 15.0 Å². The molecule has 0 spiro atoms. The van der Waals surface area contributed by atoms with Crippen molar-refractivity contribution in [2.24, 2.45) is 0 Å². The topological polar surface area (TPSA) is 77.8 Å². The highest BCUT2D eigenvalue weighted by atomic mass is 35.5. The molecule has 1 N–H and O–H groups in total. The molecule has 0 saturated heterocycles. The zero-order chi connectivity index (χ0) is 23.1. The molecular formula is C24H23Cl2NO5. The van der Waals surface area contributed by atoms with Gasteiger partial charge in [-0.2, -0.15) is 0 Å². The molecule has 3 aromatic rings. The Balaban J connectivity index is 1.78. The third-order valence-corrected chi connectivity index (χ3v) is 5.38. The minimum absolute atomic E-state index is 0.0231. The number of carboxylic acid groups (broad SMARTS) is 1. The molecule has 2 aromatic carbocycles. The number of hydrogen-bond donors (Lipinski definition) is 1. The van der Waals surface area contributed by atoms with Crippen molar-refractivity contribution in [1.29, 1.82) is 0 Å². The van der Waals surface area contributed by atoms with Gasteiger partial charge in [-0.1, -0.05) is 48.3 Å². The SMILES string of the molecule is CCCOc1cccc(OCc2c(Cl)cc(Cl)c(=O)n2CCc2ccc(C(=O)O)cc2)c1. The van der Waals surface area contributed by atoms with Crippen LogP contribution in [-0.2, 0) is 19.6 Å². The number of ether oxygens (including phenoxy) is 2. The van der Waals surface area contributed by atoms with Gasteiger partial charge in [0, 0.05) is 12.6 Å². The van der Waals surface area contributed by atoms with Crippen molar-refractivity contribution in [1.82, 2.24) is 4.57 Å². The van der Waals surface area contributed by atoms with Crippen LogP contribution in [0.25, 0.3) is 0 Å². The number of hydrogen-bond acceptors (Lipinski definition) is 4. The largest absolute Gasteiger partial charge is 0.493 e. The number of aromatic nitrogens is 1. The number of nitrogens with zero attached hydrogens (tertiary/aromatic N) is 1. The highest BCUT2D eigenvalue weighted by Crippen LogP contribution is 2.24. The Labute approximate surface area is 195 Å². The quantitative estimate of drug-likeness (QED) is 0.420. The summed E-state index contributed by atoms with van der Waals surface area (Å²) in [5.74, 6) is 0.305. The van der Waals surface area contributed by atoms with Crippen LogP contribution in [0, 0.1) is 0 Å². The highest BCUT2D eigenvalue weighted by molar-refractivity contribution is 6.34. The molecule has 0 saturated carbocycles. The number of halogens is 2. The van der Waals surface area contributed by atoms with Crippen molar-refractivity contribution in [3.8, 4) is 11.5 Å². The number of aromatic carboxylic acids is 1. The van der Waals surface area contributed by atoms with E-state index in [1.807, 2.05) is 19.1 Å². The molecule has 0 unspecified atom stereocenters. The minimum Gasteiger partial charge on any atom is -0.493 e. The van der Waals surface area contributed by atoms with E-state index in [2.05, 4.69) is 0 Å². The molecule has 0 amide bonds. The first-order valence-corrected chi connectivity index (χ1v) is 10.9. The molecule has 0 atom stereocenters. The van der Waals surface area contributed by atoms with Crippen LogP contribution in [0.3, 0.4) is 0 Å². The van der Waals surface area contributed by atoms with Gasteiger partial charge in [0.15, 0.2) is 0 Å². The predicted octanol–water partition coefficient (Wildman–Crippen LogP) is 5.46. The number of rotatable bonds is 10. The molecule has 8 heteroatoms. The maximum Gasteiger partial charge on any atom is 0.335 e. The summed E-state index contributed by atoms with van der Waals surface area (Å²) in [4.78, 5) is 23.7. The van der Waals surface area contributed by atoms with Crippen LogP contribution in [-0.4, -0.2) is 22.2 Å². The van der Waals surface area contributed by atoms with Gasteiger partial charge in [-0.3, -0.25) is 4.79 Å². The van der Waals surface area contributed by atoms with Crippen LogP contribution in [0.2, 0.25) is 10.0 Å². The van der Waals surface area contributed by atoms with E-state index in [0.29, 0.717) is 41.8 Å². The molecule has 0 fully saturated rings. The van der Waals surface area contributed by atoms with Crippen LogP contribution in [0.15, 0.2) is 59.4 Å². The van der Waals surface area contributed by atoms with Crippen LogP contribution >= 0.6 is 23.2 Å². The smallest absolute Gasteiger partial charge is 0.335 e. The second-order valence-electron chi connectivity index (χ2n) is 7.11. The standard InChI is InChI=1S/C24H23Cl2NO5/c1-2-12-31-18-4-3-5-19(13-18)32-15-22-20(25)14-21(26)23(28)27(22)11-10-16-6-8-17(9-7-16)24(29)30/h3-9,13-14H,2,10-12,15H2,1H3,(H,29,30). The molecule has 168 valence electrons. The summed E-state index contributed by atoms with van der Waals surface area (Å²) in [5.41, 5.74) is 1.22. The van der Waals surface area contributed by atoms with Crippen LogP contribution in [0.5, 0.6) is 11.5 Å². The van der Waals surface area contributed by atoms with E-state index in [1.165, 1.54) is 22.8 Å². The van der Waals surface area contributed by atoms with Crippen molar-refractivity contribution in [2.75, 3.05) is 6.61 Å². The summed E-state index contributed by atoms with van der Waals surface area (Å²) in [5, 5.41) is 9.38. The van der Waals surface area contributed by atoms with Crippen molar-refractivity contribution in [3.63, 3.8) is 0 Å². The van der Waals surface area contributed by atoms with Gasteiger partial charge in [0.1, 0.15) is 23.1 Å². The summed E-state index contributed by atoms with van der Waals surface area (Å²) in [6.45, 7) is 3.02. The van der Waals surface area contributed by atoms with E-state index in [9.17, 15) is 9.59 Å². The second-order valence-corrected chi connectivity index (χ2v) is 7.92. The van der Waals surface area contributed by atoms with E-state index in [0.717, 1.165) is 12.0 Å². The molecule has 32 heavy (non-hydrogen) atoms. The van der Waals surface area contributed by atoms with E-state index in [1.54, 1.807) is 24.3 Å². The molecule has 1 aromatic heterocycles. The lowest BCUT2D eigenvalue weighted by molar-refractivity contribution is 0.0697. The summed E-state index contributed by atoms with van der Waals surface area (Å²) >= 11 is 12.5. The maximum atomic E-state index is 12.7. The zero-order valence-electron chi connectivity index (χ0n) is 17.5. The third-order valence-electron chi connectivity index (χ3n) is 4.78. The van der Waals surface area contributed by atoms with Crippen LogP contribution in [0.4, 0.5) is 0 Å². The van der Waals surface area contributed by atoms with Gasteiger partial charge in [-0.15, -0.1) is 0 Å². The van der Waals surface area contributed by atoms with E-state index >= 15 is 0 Å². The lowest BCUT2D eigenvalue weighted by atomic mass is 10.1. The Hall–Kier alpha value is -2.96. The van der Waals surface area contributed by atoms with E-state index in [-0.39, 0.29) is 22.8 Å². The molecular weight excluding hydrogens is 453 g/mol. The normalized spacial score (nSPS) is 10.7. The fraction of sp³-hybridized carbons (Fsp3) is 0.250. The predicted molar refractivity (Wildman–Crippen MR) is 124 cm³/mol. The van der Waals surface area contributed by atoms with Gasteiger partial charge < -0.3 is 19.1 Å². The van der Waals surface area contributed by atoms with Crippen molar-refractivity contribution < 1.29 is 19.4 Å². The van der Waals surface area contributed by atoms with Gasteiger partial charge in [0.2, 0.25) is 0 Å². The monoisotopic (exact) mass is 475 g/mol. The Morgan fingerprint density at radius 2 is 1.69 bits per heavy atom. The summed E-state index contributed by atoms with van der Waals surface area (Å²) in [6, 6.07) is 15.2. The van der Waals surface area contributed by atoms with Gasteiger partial charge >= 0.3 is 5.97 Å². The van der Waals surface area contributed by atoms with Crippen LogP contribution in [0.1, 0.15) is 35.0 Å². The first kappa shape index (κ1) is 23.7. The fourth-order valence-corrected chi connectivity index (χ4v) is 3.63. The number of carbonyl (C=O) groups is 1. The fourth-order valence-electron chi connectivity index (χ4n) is 3.10. The first-order chi connectivity index (χ1) is 15.4. The Kier molecular flexibility index (Phi) is 8.20. The third kappa shape index (κ3) is 6.05. The van der Waals surface area contributed by atoms with Crippen molar-refractivity contribution in [3.05, 3.63) is 91.8 Å². The van der Waals surface area contributed by atoms with Gasteiger partial charge in [-0.25, -0.2) is 4.79 Å². The molecule has 6 nitrogen and oxygen atoms in total. The Bertz CT molecular complexity index is 1140. The molecule has 0 aliphatic rings. The van der Waals surface area contributed by atoms with Gasteiger partial charge in [0.05, 0.1) is 22.9 Å². The summed E-state index contributed by atoms with van der Waals surface area (Å²) in [6.07, 6.45) is 1.39. The lowest BCUT2D eigenvalue weighted by Crippen LogP contribution is -2.26.